The molecule has 2 aromatic rings. The lowest BCUT2D eigenvalue weighted by molar-refractivity contribution is -0.0237. The van der Waals surface area contributed by atoms with E-state index in [1.54, 1.807) is 11.8 Å². The third-order valence-electron chi connectivity index (χ3n) is 4.42. The summed E-state index contributed by atoms with van der Waals surface area (Å²) in [6.07, 6.45) is 3.98. The molecule has 0 saturated carbocycles. The van der Waals surface area contributed by atoms with Crippen molar-refractivity contribution in [1.29, 1.82) is 0 Å². The van der Waals surface area contributed by atoms with Crippen molar-refractivity contribution in [2.75, 3.05) is 26.3 Å². The van der Waals surface area contributed by atoms with E-state index in [-0.39, 0.29) is 24.0 Å². The zero-order valence-electron chi connectivity index (χ0n) is 15.9. The molecule has 0 radical (unpaired) electrons. The highest BCUT2D eigenvalue weighted by Gasteiger charge is 2.25. The molecule has 1 aromatic heterocycles. The minimum Gasteiger partial charge on any atom is -0.462 e. The first kappa shape index (κ1) is 19.8. The number of carbonyl (C=O) groups excluding carboxylic acids is 2. The van der Waals surface area contributed by atoms with E-state index >= 15 is 0 Å². The number of amides is 1. The Hall–Kier alpha value is -2.93. The summed E-state index contributed by atoms with van der Waals surface area (Å²) in [6, 6.07) is 11.6. The molecule has 0 bridgehead atoms. The molecule has 1 saturated heterocycles. The number of benzene rings is 1. The normalized spacial score (nSPS) is 16.5. The van der Waals surface area contributed by atoms with Gasteiger partial charge in [0.1, 0.15) is 0 Å². The van der Waals surface area contributed by atoms with Crippen molar-refractivity contribution in [3.05, 3.63) is 59.9 Å². The summed E-state index contributed by atoms with van der Waals surface area (Å²) in [5.74, 6) is -0.289. The van der Waals surface area contributed by atoms with Crippen molar-refractivity contribution >= 4 is 12.1 Å². The van der Waals surface area contributed by atoms with E-state index in [4.69, 9.17) is 14.2 Å². The number of aryl methyl sites for hydroxylation is 1. The van der Waals surface area contributed by atoms with Gasteiger partial charge in [0.2, 0.25) is 0 Å². The van der Waals surface area contributed by atoms with Crippen LogP contribution >= 0.6 is 0 Å². The number of ether oxygens (including phenoxy) is 3. The zero-order chi connectivity index (χ0) is 19.8. The highest BCUT2D eigenvalue weighted by Crippen LogP contribution is 2.17. The first-order chi connectivity index (χ1) is 13.7. The zero-order valence-corrected chi connectivity index (χ0v) is 15.9. The average Bonchev–Trinajstić information content (AvgIpc) is 2.73. The van der Waals surface area contributed by atoms with E-state index in [2.05, 4.69) is 17.1 Å². The van der Waals surface area contributed by atoms with Crippen LogP contribution in [0.4, 0.5) is 4.79 Å². The van der Waals surface area contributed by atoms with E-state index in [9.17, 15) is 9.59 Å². The van der Waals surface area contributed by atoms with E-state index in [1.165, 1.54) is 24.0 Å². The third kappa shape index (κ3) is 5.53. The quantitative estimate of drug-likeness (QED) is 0.712. The summed E-state index contributed by atoms with van der Waals surface area (Å²) in [6.45, 7) is 3.39. The van der Waals surface area contributed by atoms with Gasteiger partial charge in [-0.25, -0.2) is 9.59 Å². The lowest BCUT2D eigenvalue weighted by atomic mass is 10.1. The molecule has 148 valence electrons. The second-order valence-corrected chi connectivity index (χ2v) is 6.46. The molecule has 0 aliphatic carbocycles. The first-order valence-corrected chi connectivity index (χ1v) is 9.40. The van der Waals surface area contributed by atoms with Crippen molar-refractivity contribution < 1.29 is 23.8 Å². The number of esters is 1. The number of hydrogen-bond acceptors (Lipinski definition) is 6. The maximum atomic E-state index is 12.5. The molecule has 1 amide bonds. The SMILES string of the molecule is CCOC(=O)c1cncc(OC(=O)N2CCOC(CCc3ccccc3)C2)c1. The lowest BCUT2D eigenvalue weighted by Crippen LogP contribution is -2.46. The molecule has 1 aromatic carbocycles. The molecule has 0 N–H and O–H groups in total. The Balaban J connectivity index is 1.54. The molecule has 28 heavy (non-hydrogen) atoms. The number of aromatic nitrogens is 1. The largest absolute Gasteiger partial charge is 0.462 e. The summed E-state index contributed by atoms with van der Waals surface area (Å²) in [5, 5.41) is 0. The number of morpholine rings is 1. The number of rotatable bonds is 6. The number of pyridine rings is 1. The molecule has 1 aliphatic rings. The second-order valence-electron chi connectivity index (χ2n) is 6.46. The van der Waals surface area contributed by atoms with E-state index in [1.807, 2.05) is 18.2 Å². The van der Waals surface area contributed by atoms with Gasteiger partial charge in [0.05, 0.1) is 37.6 Å². The smallest absolute Gasteiger partial charge is 0.415 e. The van der Waals surface area contributed by atoms with Crippen LogP contribution in [0.2, 0.25) is 0 Å². The standard InChI is InChI=1S/C21H24N2O5/c1-2-26-20(24)17-12-19(14-22-13-17)28-21(25)23-10-11-27-18(15-23)9-8-16-6-4-3-5-7-16/h3-7,12-14,18H,2,8-11,15H2,1H3. The Bertz CT molecular complexity index is 796. The van der Waals surface area contributed by atoms with Crippen LogP contribution in [0.3, 0.4) is 0 Å². The van der Waals surface area contributed by atoms with Gasteiger partial charge in [-0.05, 0) is 31.4 Å². The number of hydrogen-bond donors (Lipinski definition) is 0. The fraction of sp³-hybridized carbons (Fsp3) is 0.381. The van der Waals surface area contributed by atoms with Crippen molar-refractivity contribution in [2.45, 2.75) is 25.9 Å². The van der Waals surface area contributed by atoms with E-state index in [0.717, 1.165) is 12.8 Å². The highest BCUT2D eigenvalue weighted by molar-refractivity contribution is 5.89. The van der Waals surface area contributed by atoms with Gasteiger partial charge in [-0.15, -0.1) is 0 Å². The Morgan fingerprint density at radius 1 is 1.25 bits per heavy atom. The van der Waals surface area contributed by atoms with Gasteiger partial charge in [0, 0.05) is 12.7 Å². The molecule has 1 fully saturated rings. The van der Waals surface area contributed by atoms with Gasteiger partial charge in [-0.1, -0.05) is 30.3 Å². The molecule has 0 spiro atoms. The molecule has 7 nitrogen and oxygen atoms in total. The first-order valence-electron chi connectivity index (χ1n) is 9.40. The van der Waals surface area contributed by atoms with Gasteiger partial charge in [-0.2, -0.15) is 0 Å². The molecule has 2 heterocycles. The topological polar surface area (TPSA) is 78.0 Å². The minimum atomic E-state index is -0.500. The second kappa shape index (κ2) is 9.85. The fourth-order valence-corrected chi connectivity index (χ4v) is 3.00. The number of carbonyl (C=O) groups is 2. The molecule has 7 heteroatoms. The number of nitrogens with zero attached hydrogens (tertiary/aromatic N) is 2. The summed E-state index contributed by atoms with van der Waals surface area (Å²) in [7, 11) is 0. The van der Waals surface area contributed by atoms with Crippen molar-refractivity contribution in [2.24, 2.45) is 0 Å². The van der Waals surface area contributed by atoms with Crippen molar-refractivity contribution in [3.63, 3.8) is 0 Å². The predicted molar refractivity (Wildman–Crippen MR) is 102 cm³/mol. The lowest BCUT2D eigenvalue weighted by Gasteiger charge is -2.32. The van der Waals surface area contributed by atoms with Crippen LogP contribution in [0.25, 0.3) is 0 Å². The molecular formula is C21H24N2O5. The van der Waals surface area contributed by atoms with E-state index in [0.29, 0.717) is 19.7 Å². The van der Waals surface area contributed by atoms with Gasteiger partial charge < -0.3 is 19.1 Å². The predicted octanol–water partition coefficient (Wildman–Crippen LogP) is 3.09. The highest BCUT2D eigenvalue weighted by atomic mass is 16.6. The summed E-state index contributed by atoms with van der Waals surface area (Å²) >= 11 is 0. The van der Waals surface area contributed by atoms with Crippen LogP contribution in [0, 0.1) is 0 Å². The third-order valence-corrected chi connectivity index (χ3v) is 4.42. The van der Waals surface area contributed by atoms with Crippen LogP contribution < -0.4 is 4.74 Å². The molecule has 1 unspecified atom stereocenters. The fourth-order valence-electron chi connectivity index (χ4n) is 3.00. The van der Waals surface area contributed by atoms with Crippen LogP contribution in [0.5, 0.6) is 5.75 Å². The van der Waals surface area contributed by atoms with Crippen LogP contribution in [0.15, 0.2) is 48.8 Å². The van der Waals surface area contributed by atoms with Gasteiger partial charge >= 0.3 is 12.1 Å². The maximum absolute atomic E-state index is 12.5. The van der Waals surface area contributed by atoms with Gasteiger partial charge in [-0.3, -0.25) is 4.98 Å². The van der Waals surface area contributed by atoms with Crippen LogP contribution in [-0.4, -0.2) is 54.4 Å². The summed E-state index contributed by atoms with van der Waals surface area (Å²) in [5.41, 5.74) is 1.49. The molecular weight excluding hydrogens is 360 g/mol. The summed E-state index contributed by atoms with van der Waals surface area (Å²) in [4.78, 5) is 29.8. The van der Waals surface area contributed by atoms with Crippen molar-refractivity contribution in [3.8, 4) is 5.75 Å². The van der Waals surface area contributed by atoms with Crippen LogP contribution in [0.1, 0.15) is 29.3 Å². The van der Waals surface area contributed by atoms with Crippen LogP contribution in [-0.2, 0) is 15.9 Å². The van der Waals surface area contributed by atoms with E-state index < -0.39 is 12.1 Å². The molecule has 1 aliphatic heterocycles. The Kier molecular flexibility index (Phi) is 6.97. The Morgan fingerprint density at radius 2 is 2.07 bits per heavy atom. The average molecular weight is 384 g/mol. The Morgan fingerprint density at radius 3 is 2.86 bits per heavy atom. The van der Waals surface area contributed by atoms with Gasteiger partial charge in [0.15, 0.2) is 5.75 Å². The molecule has 1 atom stereocenters. The minimum absolute atomic E-state index is 0.0366. The Labute approximate surface area is 164 Å². The maximum Gasteiger partial charge on any atom is 0.415 e. The molecule has 3 rings (SSSR count). The van der Waals surface area contributed by atoms with Gasteiger partial charge in [0.25, 0.3) is 0 Å². The summed E-state index contributed by atoms with van der Waals surface area (Å²) < 4.78 is 16.1. The van der Waals surface area contributed by atoms with Crippen molar-refractivity contribution in [1.82, 2.24) is 9.88 Å². The monoisotopic (exact) mass is 384 g/mol.